The van der Waals surface area contributed by atoms with Gasteiger partial charge in [-0.15, -0.1) is 0 Å². The summed E-state index contributed by atoms with van der Waals surface area (Å²) in [6.07, 6.45) is 1.48. The molecule has 0 aliphatic rings. The van der Waals surface area contributed by atoms with Gasteiger partial charge in [0.1, 0.15) is 17.2 Å². The number of nitrogens with zero attached hydrogens (tertiary/aromatic N) is 1. The zero-order valence-electron chi connectivity index (χ0n) is 13.3. The average molecular weight is 349 g/mol. The summed E-state index contributed by atoms with van der Waals surface area (Å²) in [5, 5.41) is 4.49. The van der Waals surface area contributed by atoms with E-state index < -0.39 is 0 Å². The number of amides is 1. The van der Waals surface area contributed by atoms with Gasteiger partial charge in [-0.3, -0.25) is 4.79 Å². The van der Waals surface area contributed by atoms with E-state index in [1.54, 1.807) is 56.7 Å². The number of rotatable bonds is 7. The summed E-state index contributed by atoms with van der Waals surface area (Å²) < 4.78 is 15.7. The Bertz CT molecular complexity index is 717. The number of ether oxygens (including phenoxy) is 3. The van der Waals surface area contributed by atoms with Crippen molar-refractivity contribution in [2.24, 2.45) is 5.10 Å². The first kappa shape index (κ1) is 17.6. The first-order valence-corrected chi connectivity index (χ1v) is 7.42. The molecule has 0 aromatic heterocycles. The Kier molecular flexibility index (Phi) is 6.45. The highest BCUT2D eigenvalue weighted by molar-refractivity contribution is 6.30. The number of nitrogens with one attached hydrogen (secondary N) is 1. The molecule has 24 heavy (non-hydrogen) atoms. The molecule has 0 heterocycles. The number of hydrogen-bond acceptors (Lipinski definition) is 5. The molecule has 0 aliphatic heterocycles. The molecule has 0 fully saturated rings. The minimum atomic E-state index is -0.381. The van der Waals surface area contributed by atoms with E-state index in [4.69, 9.17) is 25.8 Å². The van der Waals surface area contributed by atoms with Crippen molar-refractivity contribution in [1.82, 2.24) is 5.43 Å². The van der Waals surface area contributed by atoms with E-state index in [1.807, 2.05) is 0 Å². The van der Waals surface area contributed by atoms with Crippen LogP contribution in [0.15, 0.2) is 47.6 Å². The second-order valence-corrected chi connectivity index (χ2v) is 5.08. The van der Waals surface area contributed by atoms with Crippen LogP contribution in [0.3, 0.4) is 0 Å². The van der Waals surface area contributed by atoms with E-state index in [-0.39, 0.29) is 12.5 Å². The van der Waals surface area contributed by atoms with Crippen molar-refractivity contribution in [2.75, 3.05) is 20.8 Å². The molecule has 0 bridgehead atoms. The van der Waals surface area contributed by atoms with Gasteiger partial charge in [-0.05, 0) is 36.4 Å². The number of halogens is 1. The van der Waals surface area contributed by atoms with Gasteiger partial charge in [-0.2, -0.15) is 5.10 Å². The van der Waals surface area contributed by atoms with Crippen LogP contribution in [0.5, 0.6) is 17.2 Å². The van der Waals surface area contributed by atoms with Crippen molar-refractivity contribution in [2.45, 2.75) is 0 Å². The molecule has 2 aromatic rings. The van der Waals surface area contributed by atoms with E-state index in [2.05, 4.69) is 10.5 Å². The maximum absolute atomic E-state index is 11.7. The Hall–Kier alpha value is -2.73. The Morgan fingerprint density at radius 2 is 1.83 bits per heavy atom. The maximum Gasteiger partial charge on any atom is 0.277 e. The first-order chi connectivity index (χ1) is 11.6. The van der Waals surface area contributed by atoms with Crippen molar-refractivity contribution < 1.29 is 19.0 Å². The van der Waals surface area contributed by atoms with Crippen LogP contribution >= 0.6 is 11.6 Å². The van der Waals surface area contributed by atoms with Crippen LogP contribution < -0.4 is 19.6 Å². The first-order valence-electron chi connectivity index (χ1n) is 7.04. The second kappa shape index (κ2) is 8.79. The molecule has 0 unspecified atom stereocenters. The van der Waals surface area contributed by atoms with E-state index >= 15 is 0 Å². The fourth-order valence-corrected chi connectivity index (χ4v) is 1.94. The number of carbonyl (C=O) groups excluding carboxylic acids is 1. The van der Waals surface area contributed by atoms with Gasteiger partial charge >= 0.3 is 0 Å². The highest BCUT2D eigenvalue weighted by Gasteiger charge is 2.04. The molecule has 6 nitrogen and oxygen atoms in total. The average Bonchev–Trinajstić information content (AvgIpc) is 2.61. The van der Waals surface area contributed by atoms with Gasteiger partial charge in [0.25, 0.3) is 5.91 Å². The van der Waals surface area contributed by atoms with E-state index in [0.717, 1.165) is 0 Å². The number of carbonyl (C=O) groups is 1. The lowest BCUT2D eigenvalue weighted by atomic mass is 10.2. The second-order valence-electron chi connectivity index (χ2n) is 4.64. The summed E-state index contributed by atoms with van der Waals surface area (Å²) in [6.45, 7) is -0.154. The predicted molar refractivity (Wildman–Crippen MR) is 92.2 cm³/mol. The third-order valence-electron chi connectivity index (χ3n) is 3.02. The highest BCUT2D eigenvalue weighted by atomic mass is 35.5. The largest absolute Gasteiger partial charge is 0.497 e. The molecule has 0 saturated heterocycles. The molecule has 7 heteroatoms. The van der Waals surface area contributed by atoms with Gasteiger partial charge in [0.15, 0.2) is 6.61 Å². The van der Waals surface area contributed by atoms with Crippen molar-refractivity contribution >= 4 is 23.7 Å². The zero-order valence-corrected chi connectivity index (χ0v) is 14.0. The Balaban J connectivity index is 1.86. The molecular formula is C17H17ClN2O4. The Labute approximate surface area is 145 Å². The Morgan fingerprint density at radius 1 is 1.12 bits per heavy atom. The molecule has 0 saturated carbocycles. The van der Waals surface area contributed by atoms with E-state index in [0.29, 0.717) is 27.8 Å². The lowest BCUT2D eigenvalue weighted by Gasteiger charge is -2.07. The van der Waals surface area contributed by atoms with Crippen molar-refractivity contribution in [3.8, 4) is 17.2 Å². The van der Waals surface area contributed by atoms with E-state index in [1.165, 1.54) is 6.21 Å². The van der Waals surface area contributed by atoms with E-state index in [9.17, 15) is 4.79 Å². The SMILES string of the molecule is COc1ccc(C=NNC(=O)COc2ccc(Cl)cc2)c(OC)c1. The molecule has 2 aromatic carbocycles. The predicted octanol–water partition coefficient (Wildman–Crippen LogP) is 2.89. The lowest BCUT2D eigenvalue weighted by molar-refractivity contribution is -0.123. The maximum atomic E-state index is 11.7. The molecule has 0 aliphatic carbocycles. The zero-order chi connectivity index (χ0) is 17.4. The monoisotopic (exact) mass is 348 g/mol. The van der Waals surface area contributed by atoms with Crippen LogP contribution in [0.2, 0.25) is 5.02 Å². The molecule has 126 valence electrons. The van der Waals surface area contributed by atoms with Gasteiger partial charge in [-0.25, -0.2) is 5.43 Å². The summed E-state index contributed by atoms with van der Waals surface area (Å²) >= 11 is 5.77. The number of hydrazone groups is 1. The molecular weight excluding hydrogens is 332 g/mol. The van der Waals surface area contributed by atoms with Gasteiger partial charge in [0, 0.05) is 16.7 Å². The van der Waals surface area contributed by atoms with Gasteiger partial charge in [0.2, 0.25) is 0 Å². The number of methoxy groups -OCH3 is 2. The minimum absolute atomic E-state index is 0.154. The topological polar surface area (TPSA) is 69.2 Å². The number of benzene rings is 2. The molecule has 1 N–H and O–H groups in total. The minimum Gasteiger partial charge on any atom is -0.497 e. The normalized spacial score (nSPS) is 10.5. The van der Waals surface area contributed by atoms with Crippen LogP contribution in [0.4, 0.5) is 0 Å². The lowest BCUT2D eigenvalue weighted by Crippen LogP contribution is -2.24. The summed E-state index contributed by atoms with van der Waals surface area (Å²) in [5.74, 6) is 1.43. The van der Waals surface area contributed by atoms with Crippen LogP contribution in [0.25, 0.3) is 0 Å². The van der Waals surface area contributed by atoms with Crippen LogP contribution in [0.1, 0.15) is 5.56 Å². The standard InChI is InChI=1S/C17H17ClN2O4/c1-22-15-6-3-12(16(9-15)23-2)10-19-20-17(21)11-24-14-7-4-13(18)5-8-14/h3-10H,11H2,1-2H3,(H,20,21). The van der Waals surface area contributed by atoms with Crippen LogP contribution in [-0.4, -0.2) is 32.9 Å². The fraction of sp³-hybridized carbons (Fsp3) is 0.176. The number of hydrogen-bond donors (Lipinski definition) is 1. The molecule has 2 rings (SSSR count). The molecule has 0 radical (unpaired) electrons. The third kappa shape index (κ3) is 5.17. The van der Waals surface area contributed by atoms with Crippen LogP contribution in [-0.2, 0) is 4.79 Å². The van der Waals surface area contributed by atoms with Crippen molar-refractivity contribution in [3.63, 3.8) is 0 Å². The highest BCUT2D eigenvalue weighted by Crippen LogP contribution is 2.23. The summed E-state index contributed by atoms with van der Waals surface area (Å²) in [4.78, 5) is 11.7. The molecule has 1 amide bonds. The smallest absolute Gasteiger partial charge is 0.277 e. The fourth-order valence-electron chi connectivity index (χ4n) is 1.81. The Morgan fingerprint density at radius 3 is 2.50 bits per heavy atom. The van der Waals surface area contributed by atoms with Crippen molar-refractivity contribution in [3.05, 3.63) is 53.1 Å². The quantitative estimate of drug-likeness (QED) is 0.617. The third-order valence-corrected chi connectivity index (χ3v) is 3.27. The molecule has 0 spiro atoms. The summed E-state index contributed by atoms with van der Waals surface area (Å²) in [6, 6.07) is 12.0. The van der Waals surface area contributed by atoms with Gasteiger partial charge in [0.05, 0.1) is 20.4 Å². The summed E-state index contributed by atoms with van der Waals surface area (Å²) in [5.41, 5.74) is 3.09. The van der Waals surface area contributed by atoms with Crippen molar-refractivity contribution in [1.29, 1.82) is 0 Å². The van der Waals surface area contributed by atoms with Gasteiger partial charge < -0.3 is 14.2 Å². The molecule has 0 atom stereocenters. The van der Waals surface area contributed by atoms with Gasteiger partial charge in [-0.1, -0.05) is 11.6 Å². The summed E-state index contributed by atoms with van der Waals surface area (Å²) in [7, 11) is 3.12. The van der Waals surface area contributed by atoms with Crippen LogP contribution in [0, 0.1) is 0 Å².